The number of carboxylic acid groups (broad SMARTS) is 1. The average Bonchev–Trinajstić information content (AvgIpc) is 3.11. The van der Waals surface area contributed by atoms with Crippen LogP contribution < -0.4 is 10.6 Å². The highest BCUT2D eigenvalue weighted by atomic mass is 16.4. The highest BCUT2D eigenvalue weighted by Crippen LogP contribution is 2.51. The van der Waals surface area contributed by atoms with Crippen molar-refractivity contribution in [1.82, 2.24) is 10.6 Å². The first kappa shape index (κ1) is 17.8. The van der Waals surface area contributed by atoms with Crippen LogP contribution in [0.25, 0.3) is 0 Å². The maximum Gasteiger partial charge on any atom is 0.314 e. The molecule has 1 fully saturated rings. The molecule has 122 valence electrons. The van der Waals surface area contributed by atoms with Crippen molar-refractivity contribution in [2.24, 2.45) is 22.7 Å². The topological polar surface area (TPSA) is 78.4 Å². The summed E-state index contributed by atoms with van der Waals surface area (Å²) in [5.41, 5.74) is 0.186. The zero-order valence-electron chi connectivity index (χ0n) is 14.0. The largest absolute Gasteiger partial charge is 0.481 e. The molecule has 2 amide bonds. The summed E-state index contributed by atoms with van der Waals surface area (Å²) in [6, 6.07) is -0.262. The molecule has 5 nitrogen and oxygen atoms in total. The summed E-state index contributed by atoms with van der Waals surface area (Å²) in [5, 5.41) is 14.8. The predicted molar refractivity (Wildman–Crippen MR) is 83.1 cm³/mol. The molecule has 0 spiro atoms. The highest BCUT2D eigenvalue weighted by molar-refractivity contribution is 5.75. The van der Waals surface area contributed by atoms with Gasteiger partial charge in [0.25, 0.3) is 0 Å². The molecule has 0 bridgehead atoms. The Bertz CT molecular complexity index is 381. The molecule has 0 heterocycles. The Morgan fingerprint density at radius 2 is 1.76 bits per heavy atom. The van der Waals surface area contributed by atoms with E-state index in [1.165, 1.54) is 0 Å². The number of urea groups is 1. The van der Waals surface area contributed by atoms with E-state index < -0.39 is 11.9 Å². The van der Waals surface area contributed by atoms with Gasteiger partial charge in [0.2, 0.25) is 0 Å². The Hall–Kier alpha value is -1.26. The minimum atomic E-state index is -0.855. The van der Waals surface area contributed by atoms with Gasteiger partial charge in [-0.3, -0.25) is 4.79 Å². The normalized spacial score (nSPS) is 18.2. The van der Waals surface area contributed by atoms with E-state index in [1.807, 2.05) is 20.8 Å². The number of amides is 2. The van der Waals surface area contributed by atoms with Gasteiger partial charge in [0.05, 0.1) is 5.92 Å². The van der Waals surface area contributed by atoms with Crippen molar-refractivity contribution >= 4 is 12.0 Å². The first-order chi connectivity index (χ1) is 9.56. The lowest BCUT2D eigenvalue weighted by Gasteiger charge is -2.24. The van der Waals surface area contributed by atoms with E-state index in [1.54, 1.807) is 0 Å². The van der Waals surface area contributed by atoms with Gasteiger partial charge in [0.15, 0.2) is 0 Å². The molecular weight excluding hydrogens is 268 g/mol. The van der Waals surface area contributed by atoms with Crippen molar-refractivity contribution in [2.45, 2.75) is 53.9 Å². The van der Waals surface area contributed by atoms with Crippen molar-refractivity contribution in [3.05, 3.63) is 0 Å². The van der Waals surface area contributed by atoms with E-state index in [-0.39, 0.29) is 23.4 Å². The SMILES string of the molecule is CC(C)C1(CNC(=O)NCC(CC(C)(C)C)C(=O)O)CC1. The van der Waals surface area contributed by atoms with Crippen molar-refractivity contribution in [3.63, 3.8) is 0 Å². The van der Waals surface area contributed by atoms with Gasteiger partial charge >= 0.3 is 12.0 Å². The minimum Gasteiger partial charge on any atom is -0.481 e. The van der Waals surface area contributed by atoms with Crippen LogP contribution in [0.15, 0.2) is 0 Å². The molecule has 1 rings (SSSR count). The molecule has 1 saturated carbocycles. The lowest BCUT2D eigenvalue weighted by atomic mass is 9.84. The summed E-state index contributed by atoms with van der Waals surface area (Å²) < 4.78 is 0. The first-order valence-electron chi connectivity index (χ1n) is 7.80. The quantitative estimate of drug-likeness (QED) is 0.676. The number of rotatable bonds is 7. The number of hydrogen-bond donors (Lipinski definition) is 3. The van der Waals surface area contributed by atoms with Gasteiger partial charge in [-0.2, -0.15) is 0 Å². The van der Waals surface area contributed by atoms with Gasteiger partial charge in [-0.15, -0.1) is 0 Å². The van der Waals surface area contributed by atoms with E-state index in [0.717, 1.165) is 12.8 Å². The summed E-state index contributed by atoms with van der Waals surface area (Å²) >= 11 is 0. The summed E-state index contributed by atoms with van der Waals surface area (Å²) in [6.45, 7) is 11.2. The number of carbonyl (C=O) groups excluding carboxylic acids is 1. The van der Waals surface area contributed by atoms with Crippen LogP contribution in [0.5, 0.6) is 0 Å². The molecule has 0 saturated heterocycles. The fraction of sp³-hybridized carbons (Fsp3) is 0.875. The molecule has 0 aliphatic heterocycles. The molecule has 0 radical (unpaired) electrons. The maximum absolute atomic E-state index is 11.8. The van der Waals surface area contributed by atoms with Crippen LogP contribution >= 0.6 is 0 Å². The Balaban J connectivity index is 2.35. The van der Waals surface area contributed by atoms with Gasteiger partial charge in [0.1, 0.15) is 0 Å². The lowest BCUT2D eigenvalue weighted by Crippen LogP contribution is -2.43. The predicted octanol–water partition coefficient (Wildman–Crippen LogP) is 2.86. The van der Waals surface area contributed by atoms with Gasteiger partial charge in [-0.05, 0) is 36.0 Å². The second-order valence-electron chi connectivity index (χ2n) is 7.88. The number of carbonyl (C=O) groups is 2. The third-order valence-electron chi connectivity index (χ3n) is 4.44. The van der Waals surface area contributed by atoms with Crippen LogP contribution in [0.4, 0.5) is 4.79 Å². The zero-order chi connectivity index (χ0) is 16.3. The number of aliphatic carboxylic acids is 1. The zero-order valence-corrected chi connectivity index (χ0v) is 14.0. The average molecular weight is 298 g/mol. The number of carboxylic acids is 1. The molecule has 5 heteroatoms. The smallest absolute Gasteiger partial charge is 0.314 e. The van der Waals surface area contributed by atoms with Crippen LogP contribution in [-0.4, -0.2) is 30.2 Å². The van der Waals surface area contributed by atoms with Gasteiger partial charge in [-0.1, -0.05) is 34.6 Å². The molecule has 0 aromatic rings. The molecule has 21 heavy (non-hydrogen) atoms. The maximum atomic E-state index is 11.8. The third-order valence-corrected chi connectivity index (χ3v) is 4.44. The molecule has 1 aliphatic carbocycles. The lowest BCUT2D eigenvalue weighted by molar-refractivity contribution is -0.142. The molecule has 3 N–H and O–H groups in total. The molecule has 1 atom stereocenters. The summed E-state index contributed by atoms with van der Waals surface area (Å²) in [4.78, 5) is 23.1. The van der Waals surface area contributed by atoms with E-state index in [0.29, 0.717) is 18.9 Å². The fourth-order valence-corrected chi connectivity index (χ4v) is 2.64. The van der Waals surface area contributed by atoms with Crippen molar-refractivity contribution in [3.8, 4) is 0 Å². The molecule has 1 aliphatic rings. The molecule has 0 aromatic carbocycles. The van der Waals surface area contributed by atoms with Gasteiger partial charge in [-0.25, -0.2) is 4.79 Å². The van der Waals surface area contributed by atoms with Crippen LogP contribution in [0.2, 0.25) is 0 Å². The van der Waals surface area contributed by atoms with E-state index in [9.17, 15) is 14.7 Å². The van der Waals surface area contributed by atoms with E-state index >= 15 is 0 Å². The van der Waals surface area contributed by atoms with Crippen LogP contribution in [0, 0.1) is 22.7 Å². The van der Waals surface area contributed by atoms with Crippen LogP contribution in [0.3, 0.4) is 0 Å². The fourth-order valence-electron chi connectivity index (χ4n) is 2.64. The standard InChI is InChI=1S/C16H30N2O3/c1-11(2)16(6-7-16)10-18-14(21)17-9-12(13(19)20)8-15(3,4)5/h11-12H,6-10H2,1-5H3,(H,19,20)(H2,17,18,21). The monoisotopic (exact) mass is 298 g/mol. The van der Waals surface area contributed by atoms with Crippen molar-refractivity contribution in [2.75, 3.05) is 13.1 Å². The first-order valence-corrected chi connectivity index (χ1v) is 7.80. The third kappa shape index (κ3) is 5.94. The van der Waals surface area contributed by atoms with Crippen molar-refractivity contribution in [1.29, 1.82) is 0 Å². The second kappa shape index (κ2) is 6.67. The second-order valence-corrected chi connectivity index (χ2v) is 7.88. The van der Waals surface area contributed by atoms with Crippen molar-refractivity contribution < 1.29 is 14.7 Å². The Morgan fingerprint density at radius 3 is 2.14 bits per heavy atom. The van der Waals surface area contributed by atoms with Crippen LogP contribution in [-0.2, 0) is 4.79 Å². The summed E-state index contributed by atoms with van der Waals surface area (Å²) in [7, 11) is 0. The van der Waals surface area contributed by atoms with Gasteiger partial charge < -0.3 is 15.7 Å². The minimum absolute atomic E-state index is 0.0725. The molecule has 0 aromatic heterocycles. The molecular formula is C16H30N2O3. The van der Waals surface area contributed by atoms with E-state index in [4.69, 9.17) is 0 Å². The Morgan fingerprint density at radius 1 is 1.19 bits per heavy atom. The molecule has 1 unspecified atom stereocenters. The Kier molecular flexibility index (Phi) is 5.65. The summed E-state index contributed by atoms with van der Waals surface area (Å²) in [6.07, 6.45) is 2.86. The van der Waals surface area contributed by atoms with Crippen LogP contribution in [0.1, 0.15) is 53.9 Å². The number of nitrogens with one attached hydrogen (secondary N) is 2. The van der Waals surface area contributed by atoms with E-state index in [2.05, 4.69) is 24.5 Å². The Labute approximate surface area is 127 Å². The summed E-state index contributed by atoms with van der Waals surface area (Å²) in [5.74, 6) is -0.840. The highest BCUT2D eigenvalue weighted by Gasteiger charge is 2.45. The van der Waals surface area contributed by atoms with Gasteiger partial charge in [0, 0.05) is 13.1 Å². The number of hydrogen-bond acceptors (Lipinski definition) is 2.